The van der Waals surface area contributed by atoms with Gasteiger partial charge in [0.1, 0.15) is 6.54 Å². The summed E-state index contributed by atoms with van der Waals surface area (Å²) in [5.41, 5.74) is 2.37. The van der Waals surface area contributed by atoms with Crippen molar-refractivity contribution < 1.29 is 13.2 Å². The number of amides is 1. The molecule has 168 valence electrons. The Morgan fingerprint density at radius 3 is 2.32 bits per heavy atom. The molecule has 1 fully saturated rings. The van der Waals surface area contributed by atoms with Crippen LogP contribution in [0.2, 0.25) is 10.0 Å². The third-order valence-electron chi connectivity index (χ3n) is 5.25. The molecule has 31 heavy (non-hydrogen) atoms. The van der Waals surface area contributed by atoms with Crippen LogP contribution < -0.4 is 9.62 Å². The van der Waals surface area contributed by atoms with E-state index < -0.39 is 15.9 Å². The largest absolute Gasteiger partial charge is 0.350 e. The number of carbonyl (C=O) groups excluding carboxylic acids is 1. The molecule has 1 saturated heterocycles. The lowest BCUT2D eigenvalue weighted by Gasteiger charge is -2.26. The summed E-state index contributed by atoms with van der Waals surface area (Å²) >= 11 is 12.2. The fraction of sp³-hybridized carbons (Fsp3) is 0.409. The number of rotatable bonds is 8. The van der Waals surface area contributed by atoms with E-state index in [2.05, 4.69) is 22.3 Å². The molecule has 1 heterocycles. The van der Waals surface area contributed by atoms with E-state index in [0.717, 1.165) is 35.8 Å². The Kier molecular flexibility index (Phi) is 8.22. The molecule has 0 aromatic heterocycles. The van der Waals surface area contributed by atoms with Crippen LogP contribution >= 0.6 is 23.2 Å². The van der Waals surface area contributed by atoms with Crippen molar-refractivity contribution in [3.8, 4) is 0 Å². The average molecular weight is 484 g/mol. The van der Waals surface area contributed by atoms with Crippen LogP contribution in [0.25, 0.3) is 0 Å². The van der Waals surface area contributed by atoms with E-state index in [4.69, 9.17) is 23.2 Å². The first-order valence-electron chi connectivity index (χ1n) is 10.2. The molecule has 6 nitrogen and oxygen atoms in total. The predicted molar refractivity (Wildman–Crippen MR) is 126 cm³/mol. The molecule has 3 rings (SSSR count). The van der Waals surface area contributed by atoms with Crippen molar-refractivity contribution in [3.05, 3.63) is 63.6 Å². The van der Waals surface area contributed by atoms with Gasteiger partial charge in [0, 0.05) is 13.1 Å². The highest BCUT2D eigenvalue weighted by Gasteiger charge is 2.23. The topological polar surface area (TPSA) is 69.7 Å². The van der Waals surface area contributed by atoms with Gasteiger partial charge in [-0.2, -0.15) is 0 Å². The van der Waals surface area contributed by atoms with Gasteiger partial charge in [0.05, 0.1) is 22.0 Å². The van der Waals surface area contributed by atoms with Gasteiger partial charge >= 0.3 is 0 Å². The van der Waals surface area contributed by atoms with Gasteiger partial charge < -0.3 is 5.32 Å². The van der Waals surface area contributed by atoms with Crippen LogP contribution in [-0.2, 0) is 27.9 Å². The Labute approximate surface area is 194 Å². The van der Waals surface area contributed by atoms with Gasteiger partial charge in [-0.3, -0.25) is 14.0 Å². The minimum absolute atomic E-state index is 0.0895. The van der Waals surface area contributed by atoms with Gasteiger partial charge in [-0.1, -0.05) is 60.0 Å². The van der Waals surface area contributed by atoms with E-state index in [0.29, 0.717) is 6.54 Å². The molecule has 9 heteroatoms. The van der Waals surface area contributed by atoms with Crippen LogP contribution in [-0.4, -0.2) is 45.1 Å². The number of nitrogens with one attached hydrogen (secondary N) is 1. The normalized spacial score (nSPS) is 14.9. The monoisotopic (exact) mass is 483 g/mol. The van der Waals surface area contributed by atoms with Crippen molar-refractivity contribution in [2.45, 2.75) is 32.4 Å². The molecule has 0 aliphatic carbocycles. The lowest BCUT2D eigenvalue weighted by atomic mass is 10.1. The third-order valence-corrected chi connectivity index (χ3v) is 7.19. The molecule has 0 spiro atoms. The SMILES string of the molecule is CS(=O)(=O)N(CC(=O)NCc1ccc(CN2CCCCC2)cc1)c1cccc(Cl)c1Cl. The molecule has 1 amide bonds. The molecule has 2 aromatic rings. The van der Waals surface area contributed by atoms with Crippen LogP contribution in [0.4, 0.5) is 5.69 Å². The van der Waals surface area contributed by atoms with Gasteiger partial charge in [-0.05, 0) is 49.2 Å². The van der Waals surface area contributed by atoms with Crippen LogP contribution in [0.1, 0.15) is 30.4 Å². The summed E-state index contributed by atoms with van der Waals surface area (Å²) in [6.45, 7) is 3.16. The zero-order valence-corrected chi connectivity index (χ0v) is 19.8. The molecule has 1 aliphatic heterocycles. The third kappa shape index (κ3) is 6.84. The number of anilines is 1. The van der Waals surface area contributed by atoms with Gasteiger partial charge in [-0.15, -0.1) is 0 Å². The number of piperidine rings is 1. The summed E-state index contributed by atoms with van der Waals surface area (Å²) in [6, 6.07) is 12.8. The molecule has 2 aromatic carbocycles. The smallest absolute Gasteiger partial charge is 0.241 e. The van der Waals surface area contributed by atoms with Crippen molar-refractivity contribution >= 4 is 44.8 Å². The van der Waals surface area contributed by atoms with Crippen molar-refractivity contribution in [1.82, 2.24) is 10.2 Å². The molecule has 0 radical (unpaired) electrons. The predicted octanol–water partition coefficient (Wildman–Crippen LogP) is 4.06. The maximum atomic E-state index is 12.5. The van der Waals surface area contributed by atoms with E-state index in [-0.39, 0.29) is 22.3 Å². The van der Waals surface area contributed by atoms with Crippen LogP contribution in [0.5, 0.6) is 0 Å². The number of halogens is 2. The highest BCUT2D eigenvalue weighted by atomic mass is 35.5. The lowest BCUT2D eigenvalue weighted by molar-refractivity contribution is -0.119. The van der Waals surface area contributed by atoms with Gasteiger partial charge in [0.2, 0.25) is 15.9 Å². The van der Waals surface area contributed by atoms with Gasteiger partial charge in [0.25, 0.3) is 0 Å². The second-order valence-corrected chi connectivity index (χ2v) is 10.5. The van der Waals surface area contributed by atoms with Crippen molar-refractivity contribution in [3.63, 3.8) is 0 Å². The molecular formula is C22H27Cl2N3O3S. The molecule has 0 atom stereocenters. The number of sulfonamides is 1. The van der Waals surface area contributed by atoms with Gasteiger partial charge in [0.15, 0.2) is 0 Å². The van der Waals surface area contributed by atoms with Crippen molar-refractivity contribution in [2.24, 2.45) is 0 Å². The molecular weight excluding hydrogens is 457 g/mol. The first-order chi connectivity index (χ1) is 14.7. The number of likely N-dealkylation sites (tertiary alicyclic amines) is 1. The highest BCUT2D eigenvalue weighted by molar-refractivity contribution is 7.92. The van der Waals surface area contributed by atoms with Gasteiger partial charge in [-0.25, -0.2) is 8.42 Å². The van der Waals surface area contributed by atoms with Crippen molar-refractivity contribution in [1.29, 1.82) is 0 Å². The number of hydrogen-bond acceptors (Lipinski definition) is 4. The molecule has 0 bridgehead atoms. The van der Waals surface area contributed by atoms with Crippen LogP contribution in [0.3, 0.4) is 0 Å². The second-order valence-electron chi connectivity index (χ2n) is 7.77. The van der Waals surface area contributed by atoms with Crippen LogP contribution in [0.15, 0.2) is 42.5 Å². The Hall–Kier alpha value is -1.80. The first kappa shape index (κ1) is 23.9. The quantitative estimate of drug-likeness (QED) is 0.614. The zero-order valence-electron chi connectivity index (χ0n) is 17.5. The molecule has 0 saturated carbocycles. The standard InChI is InChI=1S/C22H27Cl2N3O3S/c1-31(29,30)27(20-7-5-6-19(23)22(20)24)16-21(28)25-14-17-8-10-18(11-9-17)15-26-12-3-2-4-13-26/h5-11H,2-4,12-16H2,1H3,(H,25,28). The molecule has 1 N–H and O–H groups in total. The molecule has 1 aliphatic rings. The fourth-order valence-electron chi connectivity index (χ4n) is 3.59. The van der Waals surface area contributed by atoms with Crippen LogP contribution in [0, 0.1) is 0 Å². The van der Waals surface area contributed by atoms with Crippen molar-refractivity contribution in [2.75, 3.05) is 30.2 Å². The summed E-state index contributed by atoms with van der Waals surface area (Å²) < 4.78 is 25.4. The summed E-state index contributed by atoms with van der Waals surface area (Å²) in [5, 5.41) is 3.08. The minimum atomic E-state index is -3.73. The van der Waals surface area contributed by atoms with E-state index in [1.807, 2.05) is 12.1 Å². The Balaban J connectivity index is 1.58. The van der Waals surface area contributed by atoms with E-state index in [9.17, 15) is 13.2 Å². The summed E-state index contributed by atoms with van der Waals surface area (Å²) in [6.07, 6.45) is 4.86. The minimum Gasteiger partial charge on any atom is -0.350 e. The van der Waals surface area contributed by atoms with E-state index >= 15 is 0 Å². The number of nitrogens with zero attached hydrogens (tertiary/aromatic N) is 2. The Morgan fingerprint density at radius 2 is 1.68 bits per heavy atom. The summed E-state index contributed by atoms with van der Waals surface area (Å²) in [4.78, 5) is 14.9. The number of benzene rings is 2. The second kappa shape index (κ2) is 10.7. The first-order valence-corrected chi connectivity index (χ1v) is 12.8. The molecule has 0 unspecified atom stereocenters. The van der Waals surface area contributed by atoms with E-state index in [1.54, 1.807) is 12.1 Å². The van der Waals surface area contributed by atoms with E-state index in [1.165, 1.54) is 30.9 Å². The zero-order chi connectivity index (χ0) is 22.4. The maximum absolute atomic E-state index is 12.5. The Bertz CT molecular complexity index is 1010. The fourth-order valence-corrected chi connectivity index (χ4v) is 4.90. The maximum Gasteiger partial charge on any atom is 0.241 e. The summed E-state index contributed by atoms with van der Waals surface area (Å²) in [5.74, 6) is -0.432. The Morgan fingerprint density at radius 1 is 1.03 bits per heavy atom. The average Bonchev–Trinajstić information content (AvgIpc) is 2.74. The number of hydrogen-bond donors (Lipinski definition) is 1. The number of carbonyl (C=O) groups is 1. The highest BCUT2D eigenvalue weighted by Crippen LogP contribution is 2.33. The summed E-state index contributed by atoms with van der Waals surface area (Å²) in [7, 11) is -3.73. The lowest BCUT2D eigenvalue weighted by Crippen LogP contribution is -2.40.